The highest BCUT2D eigenvalue weighted by Gasteiger charge is 2.20. The van der Waals surface area contributed by atoms with Gasteiger partial charge < -0.3 is 4.42 Å². The topological polar surface area (TPSA) is 13.1 Å². The zero-order valence-electron chi connectivity index (χ0n) is 6.10. The minimum atomic E-state index is 1.01. The Morgan fingerprint density at radius 2 is 1.54 bits per heavy atom. The summed E-state index contributed by atoms with van der Waals surface area (Å²) >= 11 is 12.0. The fraction of sp³-hybridized carbons (Fsp3) is 0. The molecular formula is C7H2OS5. The predicted molar refractivity (Wildman–Crippen MR) is 60.0 cm³/mol. The second-order valence-corrected chi connectivity index (χ2v) is 8.18. The van der Waals surface area contributed by atoms with E-state index in [0.717, 1.165) is 3.14 Å². The summed E-state index contributed by atoms with van der Waals surface area (Å²) in [5.74, 6) is 0. The Bertz CT molecular complexity index is 464. The molecule has 2 aromatic rings. The molecule has 0 aliphatic carbocycles. The summed E-state index contributed by atoms with van der Waals surface area (Å²) in [5, 5.41) is 0. The average Bonchev–Trinajstić information content (AvgIpc) is 2.63. The maximum Gasteiger partial charge on any atom is 0.145 e. The third kappa shape index (κ3) is 1.41. The van der Waals surface area contributed by atoms with Gasteiger partial charge in [-0.1, -0.05) is 35.7 Å². The van der Waals surface area contributed by atoms with Crippen LogP contribution >= 0.6 is 58.4 Å². The standard InChI is InChI=1S/C7H2OS5/c9-7-12-5-6(13-7)11-4-2-8-1-3(4)10-5/h1-2H. The molecule has 1 aliphatic rings. The Balaban J connectivity index is 2.17. The summed E-state index contributed by atoms with van der Waals surface area (Å²) in [5.41, 5.74) is 0. The molecule has 0 radical (unpaired) electrons. The number of hydrogen-bond acceptors (Lipinski definition) is 6. The van der Waals surface area contributed by atoms with Crippen molar-refractivity contribution in [3.8, 4) is 0 Å². The zero-order chi connectivity index (χ0) is 8.84. The molecular weight excluding hydrogens is 260 g/mol. The Kier molecular flexibility index (Phi) is 2.06. The van der Waals surface area contributed by atoms with Crippen LogP contribution in [-0.2, 0) is 0 Å². The van der Waals surface area contributed by atoms with Crippen LogP contribution in [0.15, 0.2) is 35.2 Å². The van der Waals surface area contributed by atoms with E-state index in [1.165, 1.54) is 18.2 Å². The van der Waals surface area contributed by atoms with E-state index < -0.39 is 0 Å². The van der Waals surface area contributed by atoms with Gasteiger partial charge in [-0.05, 0) is 0 Å². The lowest BCUT2D eigenvalue weighted by Gasteiger charge is -2.06. The summed E-state index contributed by atoms with van der Waals surface area (Å²) < 4.78 is 8.77. The van der Waals surface area contributed by atoms with Gasteiger partial charge in [0, 0.05) is 0 Å². The quantitative estimate of drug-likeness (QED) is 0.542. The van der Waals surface area contributed by atoms with Gasteiger partial charge in [-0.15, -0.1) is 22.7 Å². The van der Waals surface area contributed by atoms with Crippen LogP contribution in [0.5, 0.6) is 0 Å². The van der Waals surface area contributed by atoms with Crippen LogP contribution in [0.4, 0.5) is 0 Å². The van der Waals surface area contributed by atoms with Gasteiger partial charge in [0.15, 0.2) is 0 Å². The number of rotatable bonds is 0. The average molecular weight is 262 g/mol. The molecule has 0 N–H and O–H groups in total. The Hall–Kier alpha value is 0.250. The molecule has 0 bridgehead atoms. The Morgan fingerprint density at radius 1 is 1.00 bits per heavy atom. The summed E-state index contributed by atoms with van der Waals surface area (Å²) in [6.07, 6.45) is 3.59. The van der Waals surface area contributed by atoms with Crippen LogP contribution in [0.1, 0.15) is 0 Å². The third-order valence-electron chi connectivity index (χ3n) is 1.52. The second kappa shape index (κ2) is 3.13. The molecule has 0 saturated heterocycles. The molecule has 1 aliphatic heterocycles. The monoisotopic (exact) mass is 262 g/mol. The van der Waals surface area contributed by atoms with E-state index in [0.29, 0.717) is 0 Å². The van der Waals surface area contributed by atoms with Crippen molar-refractivity contribution in [2.45, 2.75) is 18.2 Å². The molecule has 0 saturated carbocycles. The first-order valence-electron chi connectivity index (χ1n) is 3.39. The molecule has 0 spiro atoms. The largest absolute Gasteiger partial charge is 0.470 e. The van der Waals surface area contributed by atoms with Gasteiger partial charge in [-0.2, -0.15) is 0 Å². The highest BCUT2D eigenvalue weighted by molar-refractivity contribution is 8.07. The molecule has 2 aromatic heterocycles. The van der Waals surface area contributed by atoms with Crippen LogP contribution in [0.3, 0.4) is 0 Å². The number of fused-ring (bicyclic) bond motifs is 2. The van der Waals surface area contributed by atoms with Gasteiger partial charge in [0.05, 0.1) is 18.2 Å². The SMILES string of the molecule is S=c1sc2c(s1)Sc1cocc1S2. The van der Waals surface area contributed by atoms with E-state index in [2.05, 4.69) is 0 Å². The van der Waals surface area contributed by atoms with Crippen molar-refractivity contribution in [2.24, 2.45) is 0 Å². The van der Waals surface area contributed by atoms with Crippen molar-refractivity contribution >= 4 is 58.4 Å². The van der Waals surface area contributed by atoms with Crippen molar-refractivity contribution in [1.82, 2.24) is 0 Å². The minimum Gasteiger partial charge on any atom is -0.470 e. The number of hydrogen-bond donors (Lipinski definition) is 0. The first-order valence-corrected chi connectivity index (χ1v) is 7.06. The second-order valence-electron chi connectivity index (χ2n) is 2.33. The molecule has 3 heterocycles. The molecule has 1 nitrogen and oxygen atoms in total. The Morgan fingerprint density at radius 3 is 2.08 bits per heavy atom. The molecule has 6 heteroatoms. The summed E-state index contributed by atoms with van der Waals surface area (Å²) in [6.45, 7) is 0. The van der Waals surface area contributed by atoms with Crippen molar-refractivity contribution in [3.05, 3.63) is 15.7 Å². The van der Waals surface area contributed by atoms with Crippen molar-refractivity contribution in [3.63, 3.8) is 0 Å². The van der Waals surface area contributed by atoms with Crippen LogP contribution in [0.2, 0.25) is 0 Å². The van der Waals surface area contributed by atoms with E-state index in [4.69, 9.17) is 16.6 Å². The molecule has 3 rings (SSSR count). The highest BCUT2D eigenvalue weighted by atomic mass is 32.2. The third-order valence-corrected chi connectivity index (χ3v) is 7.13. The maximum absolute atomic E-state index is 5.15. The molecule has 13 heavy (non-hydrogen) atoms. The lowest BCUT2D eigenvalue weighted by atomic mass is 10.7. The lowest BCUT2D eigenvalue weighted by Crippen LogP contribution is -1.77. The molecule has 0 atom stereocenters. The van der Waals surface area contributed by atoms with E-state index in [1.807, 2.05) is 0 Å². The van der Waals surface area contributed by atoms with Crippen LogP contribution in [0.25, 0.3) is 0 Å². The van der Waals surface area contributed by atoms with Crippen molar-refractivity contribution in [2.75, 3.05) is 0 Å². The molecule has 0 amide bonds. The van der Waals surface area contributed by atoms with Gasteiger partial charge in [0.2, 0.25) is 0 Å². The van der Waals surface area contributed by atoms with Crippen LogP contribution < -0.4 is 0 Å². The van der Waals surface area contributed by atoms with Gasteiger partial charge >= 0.3 is 0 Å². The van der Waals surface area contributed by atoms with Crippen molar-refractivity contribution < 1.29 is 4.42 Å². The summed E-state index contributed by atoms with van der Waals surface area (Å²) in [6, 6.07) is 0. The van der Waals surface area contributed by atoms with Gasteiger partial charge in [0.1, 0.15) is 15.7 Å². The fourth-order valence-corrected chi connectivity index (χ4v) is 6.96. The highest BCUT2D eigenvalue weighted by Crippen LogP contribution is 2.53. The fourth-order valence-electron chi connectivity index (χ4n) is 1.00. The van der Waals surface area contributed by atoms with Crippen LogP contribution in [-0.4, -0.2) is 0 Å². The van der Waals surface area contributed by atoms with E-state index in [9.17, 15) is 0 Å². The molecule has 0 fully saturated rings. The summed E-state index contributed by atoms with van der Waals surface area (Å²) in [4.78, 5) is 2.42. The van der Waals surface area contributed by atoms with Crippen molar-refractivity contribution in [1.29, 1.82) is 0 Å². The predicted octanol–water partition coefficient (Wildman–Crippen LogP) is 4.75. The first kappa shape index (κ1) is 8.55. The molecule has 66 valence electrons. The summed E-state index contributed by atoms with van der Waals surface area (Å²) in [7, 11) is 0. The minimum absolute atomic E-state index is 1.01. The van der Waals surface area contributed by atoms with Gasteiger partial charge in [0.25, 0.3) is 0 Å². The maximum atomic E-state index is 5.15. The normalized spacial score (nSPS) is 13.8. The lowest BCUT2D eigenvalue weighted by molar-refractivity contribution is 0.558. The van der Waals surface area contributed by atoms with E-state index >= 15 is 0 Å². The molecule has 0 unspecified atom stereocenters. The first-order chi connectivity index (χ1) is 6.33. The smallest absolute Gasteiger partial charge is 0.145 e. The number of furan rings is 1. The van der Waals surface area contributed by atoms with Gasteiger partial charge in [-0.25, -0.2) is 0 Å². The van der Waals surface area contributed by atoms with E-state index in [1.54, 1.807) is 58.7 Å². The van der Waals surface area contributed by atoms with Crippen LogP contribution in [0, 0.1) is 3.14 Å². The van der Waals surface area contributed by atoms with E-state index in [-0.39, 0.29) is 0 Å². The zero-order valence-corrected chi connectivity index (χ0v) is 10.2. The Labute approximate surface area is 96.2 Å². The molecule has 0 aromatic carbocycles. The van der Waals surface area contributed by atoms with Gasteiger partial charge in [-0.3, -0.25) is 0 Å².